The first-order valence-corrected chi connectivity index (χ1v) is 8.17. The smallest absolute Gasteiger partial charge is 0.335 e. The van der Waals surface area contributed by atoms with E-state index in [-0.39, 0.29) is 18.3 Å². The number of anilines is 2. The Hall–Kier alpha value is -1.82. The molecular formula is C16H13Cl2N3OS. The van der Waals surface area contributed by atoms with E-state index in [2.05, 4.69) is 15.2 Å². The summed E-state index contributed by atoms with van der Waals surface area (Å²) in [7, 11) is 0. The SMILES string of the molecule is O=C(Nc1ccc2sc3[n+](c2c1)CCN3)c1cccc(Cl)c1.[Cl-]. The fraction of sp³-hybridized carbons (Fsp3) is 0.125. The van der Waals surface area contributed by atoms with Gasteiger partial charge in [-0.05, 0) is 41.7 Å². The van der Waals surface area contributed by atoms with Crippen LogP contribution in [0.5, 0.6) is 0 Å². The van der Waals surface area contributed by atoms with E-state index >= 15 is 0 Å². The maximum Gasteiger partial charge on any atom is 0.335 e. The Labute approximate surface area is 148 Å². The molecule has 118 valence electrons. The van der Waals surface area contributed by atoms with Crippen LogP contribution in [0.3, 0.4) is 0 Å². The quantitative estimate of drug-likeness (QED) is 0.650. The van der Waals surface area contributed by atoms with E-state index in [1.807, 2.05) is 18.2 Å². The highest BCUT2D eigenvalue weighted by molar-refractivity contribution is 7.21. The van der Waals surface area contributed by atoms with Crippen LogP contribution in [0.1, 0.15) is 10.4 Å². The van der Waals surface area contributed by atoms with Gasteiger partial charge < -0.3 is 17.7 Å². The standard InChI is InChI=1S/C16H12ClN3OS.ClH/c17-11-3-1-2-10(8-11)15(21)19-12-4-5-14-13(9-12)20-7-6-18-16(20)22-14;/h1-5,8-9H,6-7H2,(H,19,21);1H. The van der Waals surface area contributed by atoms with Crippen molar-refractivity contribution in [2.45, 2.75) is 6.54 Å². The minimum absolute atomic E-state index is 0. The zero-order chi connectivity index (χ0) is 15.1. The summed E-state index contributed by atoms with van der Waals surface area (Å²) in [6, 6.07) is 12.9. The summed E-state index contributed by atoms with van der Waals surface area (Å²) in [4.78, 5) is 12.3. The number of amides is 1. The molecule has 0 atom stereocenters. The van der Waals surface area contributed by atoms with Crippen molar-refractivity contribution in [3.63, 3.8) is 0 Å². The molecule has 0 fully saturated rings. The number of hydrogen-bond acceptors (Lipinski definition) is 3. The monoisotopic (exact) mass is 365 g/mol. The maximum absolute atomic E-state index is 12.3. The van der Waals surface area contributed by atoms with Crippen molar-refractivity contribution in [2.24, 2.45) is 0 Å². The van der Waals surface area contributed by atoms with Crippen molar-refractivity contribution >= 4 is 49.9 Å². The van der Waals surface area contributed by atoms with Crippen molar-refractivity contribution < 1.29 is 21.8 Å². The molecule has 4 nitrogen and oxygen atoms in total. The zero-order valence-electron chi connectivity index (χ0n) is 12.0. The van der Waals surface area contributed by atoms with Gasteiger partial charge in [-0.2, -0.15) is 0 Å². The number of nitrogens with one attached hydrogen (secondary N) is 2. The molecule has 0 saturated carbocycles. The number of carbonyl (C=O) groups excluding carboxylic acids is 1. The predicted molar refractivity (Wildman–Crippen MR) is 89.9 cm³/mol. The summed E-state index contributed by atoms with van der Waals surface area (Å²) in [5.41, 5.74) is 2.49. The minimum atomic E-state index is -0.156. The molecule has 0 saturated heterocycles. The highest BCUT2D eigenvalue weighted by atomic mass is 35.5. The van der Waals surface area contributed by atoms with E-state index in [4.69, 9.17) is 11.6 Å². The summed E-state index contributed by atoms with van der Waals surface area (Å²) >= 11 is 7.66. The van der Waals surface area contributed by atoms with Gasteiger partial charge in [-0.3, -0.25) is 10.1 Å². The van der Waals surface area contributed by atoms with Crippen LogP contribution < -0.4 is 27.6 Å². The number of thiazole rings is 1. The molecule has 7 heteroatoms. The summed E-state index contributed by atoms with van der Waals surface area (Å²) in [6.07, 6.45) is 0. The van der Waals surface area contributed by atoms with Gasteiger partial charge in [0.1, 0.15) is 18.6 Å². The number of fused-ring (bicyclic) bond motifs is 3. The molecule has 3 aromatic rings. The first kappa shape index (κ1) is 16.1. The molecular weight excluding hydrogens is 353 g/mol. The van der Waals surface area contributed by atoms with Gasteiger partial charge in [-0.25, -0.2) is 4.57 Å². The van der Waals surface area contributed by atoms with E-state index in [1.165, 1.54) is 9.83 Å². The number of halogens is 2. The van der Waals surface area contributed by atoms with E-state index in [9.17, 15) is 4.79 Å². The highest BCUT2D eigenvalue weighted by Gasteiger charge is 2.23. The Morgan fingerprint density at radius 2 is 2.13 bits per heavy atom. The van der Waals surface area contributed by atoms with Crippen molar-refractivity contribution in [2.75, 3.05) is 17.2 Å². The maximum atomic E-state index is 12.3. The van der Waals surface area contributed by atoms with Crippen molar-refractivity contribution in [3.8, 4) is 0 Å². The lowest BCUT2D eigenvalue weighted by Crippen LogP contribution is -3.00. The Morgan fingerprint density at radius 1 is 1.26 bits per heavy atom. The second-order valence-corrected chi connectivity index (χ2v) is 6.60. The fourth-order valence-electron chi connectivity index (χ4n) is 2.62. The van der Waals surface area contributed by atoms with Crippen LogP contribution in [0.2, 0.25) is 5.02 Å². The highest BCUT2D eigenvalue weighted by Crippen LogP contribution is 2.28. The molecule has 4 rings (SSSR count). The van der Waals surface area contributed by atoms with Crippen LogP contribution in [0.25, 0.3) is 10.2 Å². The number of carbonyl (C=O) groups is 1. The first-order chi connectivity index (χ1) is 10.7. The molecule has 0 radical (unpaired) electrons. The van der Waals surface area contributed by atoms with E-state index in [1.54, 1.807) is 35.6 Å². The van der Waals surface area contributed by atoms with E-state index < -0.39 is 0 Å². The van der Waals surface area contributed by atoms with Crippen LogP contribution in [-0.2, 0) is 6.54 Å². The average molecular weight is 366 g/mol. The van der Waals surface area contributed by atoms with Gasteiger partial charge in [0.2, 0.25) is 0 Å². The van der Waals surface area contributed by atoms with E-state index in [0.717, 1.165) is 24.3 Å². The lowest BCUT2D eigenvalue weighted by Gasteiger charge is -2.05. The molecule has 0 spiro atoms. The Kier molecular flexibility index (Phi) is 4.43. The molecule has 0 bridgehead atoms. The van der Waals surface area contributed by atoms with E-state index in [0.29, 0.717) is 10.6 Å². The Bertz CT molecular complexity index is 894. The van der Waals surface area contributed by atoms with Crippen molar-refractivity contribution in [3.05, 3.63) is 53.1 Å². The first-order valence-electron chi connectivity index (χ1n) is 6.98. The Balaban J connectivity index is 0.00000156. The van der Waals surface area contributed by atoms with Crippen LogP contribution in [0, 0.1) is 0 Å². The number of nitrogens with zero attached hydrogens (tertiary/aromatic N) is 1. The third-order valence-electron chi connectivity index (χ3n) is 3.66. The lowest BCUT2D eigenvalue weighted by molar-refractivity contribution is -0.640. The normalized spacial score (nSPS) is 12.4. The minimum Gasteiger partial charge on any atom is -1.00 e. The average Bonchev–Trinajstić information content (AvgIpc) is 3.08. The van der Waals surface area contributed by atoms with Gasteiger partial charge >= 0.3 is 5.13 Å². The number of aromatic nitrogens is 1. The number of benzene rings is 2. The largest absolute Gasteiger partial charge is 1.00 e. The third kappa shape index (κ3) is 3.00. The Morgan fingerprint density at radius 3 is 2.96 bits per heavy atom. The summed E-state index contributed by atoms with van der Waals surface area (Å²) in [5.74, 6) is -0.156. The molecule has 2 N–H and O–H groups in total. The molecule has 1 aliphatic heterocycles. The molecule has 2 aromatic carbocycles. The summed E-state index contributed by atoms with van der Waals surface area (Å²) < 4.78 is 3.46. The van der Waals surface area contributed by atoms with Gasteiger partial charge in [-0.15, -0.1) is 0 Å². The molecule has 0 unspecified atom stereocenters. The number of hydrogen-bond donors (Lipinski definition) is 2. The molecule has 1 amide bonds. The van der Waals surface area contributed by atoms with Crippen molar-refractivity contribution in [1.82, 2.24) is 0 Å². The molecule has 2 heterocycles. The summed E-state index contributed by atoms with van der Waals surface area (Å²) in [5, 5.41) is 8.02. The van der Waals surface area contributed by atoms with Crippen LogP contribution >= 0.6 is 22.9 Å². The van der Waals surface area contributed by atoms with Gasteiger partial charge in [0.25, 0.3) is 5.91 Å². The van der Waals surface area contributed by atoms with Gasteiger partial charge in [0, 0.05) is 22.3 Å². The molecule has 0 aliphatic carbocycles. The molecule has 23 heavy (non-hydrogen) atoms. The topological polar surface area (TPSA) is 45.0 Å². The molecule has 1 aliphatic rings. The zero-order valence-corrected chi connectivity index (χ0v) is 14.3. The van der Waals surface area contributed by atoms with Crippen molar-refractivity contribution in [1.29, 1.82) is 0 Å². The van der Waals surface area contributed by atoms with Crippen LogP contribution in [0.15, 0.2) is 42.5 Å². The second kappa shape index (κ2) is 6.35. The second-order valence-electron chi connectivity index (χ2n) is 5.13. The summed E-state index contributed by atoms with van der Waals surface area (Å²) in [6.45, 7) is 1.92. The lowest BCUT2D eigenvalue weighted by atomic mass is 10.2. The van der Waals surface area contributed by atoms with Gasteiger partial charge in [0.15, 0.2) is 0 Å². The van der Waals surface area contributed by atoms with Crippen LogP contribution in [-0.4, -0.2) is 12.5 Å². The third-order valence-corrected chi connectivity index (χ3v) is 5.02. The fourth-order valence-corrected chi connectivity index (χ4v) is 3.90. The van der Waals surface area contributed by atoms with Crippen LogP contribution in [0.4, 0.5) is 10.8 Å². The van der Waals surface area contributed by atoms with Gasteiger partial charge in [0.05, 0.1) is 4.70 Å². The predicted octanol–water partition coefficient (Wildman–Crippen LogP) is 0.524. The number of rotatable bonds is 2. The molecule has 1 aromatic heterocycles. The van der Waals surface area contributed by atoms with Gasteiger partial charge in [-0.1, -0.05) is 17.7 Å².